The van der Waals surface area contributed by atoms with Gasteiger partial charge in [-0.05, 0) is 18.2 Å². The molecular weight excluding hydrogens is 274 g/mol. The maximum Gasteiger partial charge on any atom is 0.217 e. The summed E-state index contributed by atoms with van der Waals surface area (Å²) in [6.07, 6.45) is 0. The number of hydrogen-bond donors (Lipinski definition) is 2. The molecule has 16 heavy (non-hydrogen) atoms. The van der Waals surface area contributed by atoms with Crippen LogP contribution < -0.4 is 10.1 Å². The predicted molar refractivity (Wildman–Crippen MR) is 64.3 cm³/mol. The van der Waals surface area contributed by atoms with Gasteiger partial charge < -0.3 is 15.2 Å². The first kappa shape index (κ1) is 13.0. The van der Waals surface area contributed by atoms with E-state index >= 15 is 0 Å². The molecule has 1 aromatic rings. The Morgan fingerprint density at radius 2 is 2.31 bits per heavy atom. The van der Waals surface area contributed by atoms with Crippen molar-refractivity contribution < 1.29 is 14.6 Å². The molecule has 0 aliphatic rings. The van der Waals surface area contributed by atoms with E-state index in [2.05, 4.69) is 21.2 Å². The van der Waals surface area contributed by atoms with Gasteiger partial charge in [0.15, 0.2) is 0 Å². The van der Waals surface area contributed by atoms with Crippen LogP contribution in [0, 0.1) is 0 Å². The van der Waals surface area contributed by atoms with Gasteiger partial charge in [-0.15, -0.1) is 0 Å². The number of hydrogen-bond acceptors (Lipinski definition) is 3. The van der Waals surface area contributed by atoms with E-state index < -0.39 is 6.04 Å². The molecule has 4 nitrogen and oxygen atoms in total. The zero-order valence-electron chi connectivity index (χ0n) is 9.16. The van der Waals surface area contributed by atoms with Crippen LogP contribution in [0.1, 0.15) is 18.5 Å². The van der Waals surface area contributed by atoms with E-state index in [1.54, 1.807) is 13.2 Å². The van der Waals surface area contributed by atoms with Crippen molar-refractivity contribution in [1.82, 2.24) is 5.32 Å². The molecule has 1 unspecified atom stereocenters. The number of halogens is 1. The van der Waals surface area contributed by atoms with E-state index in [9.17, 15) is 9.90 Å². The monoisotopic (exact) mass is 287 g/mol. The van der Waals surface area contributed by atoms with E-state index in [0.29, 0.717) is 5.75 Å². The number of ether oxygens (including phenoxy) is 1. The zero-order valence-corrected chi connectivity index (χ0v) is 10.7. The molecule has 2 N–H and O–H groups in total. The van der Waals surface area contributed by atoms with Crippen LogP contribution in [0.4, 0.5) is 0 Å². The highest BCUT2D eigenvalue weighted by Gasteiger charge is 2.16. The Bertz CT molecular complexity index is 381. The van der Waals surface area contributed by atoms with Gasteiger partial charge in [-0.25, -0.2) is 0 Å². The Morgan fingerprint density at radius 3 is 2.81 bits per heavy atom. The molecule has 0 aliphatic heterocycles. The van der Waals surface area contributed by atoms with Gasteiger partial charge in [-0.2, -0.15) is 0 Å². The minimum Gasteiger partial charge on any atom is -0.496 e. The fourth-order valence-electron chi connectivity index (χ4n) is 1.44. The average Bonchev–Trinajstić information content (AvgIpc) is 2.25. The van der Waals surface area contributed by atoms with Crippen molar-refractivity contribution in [3.05, 3.63) is 28.2 Å². The van der Waals surface area contributed by atoms with E-state index in [-0.39, 0.29) is 12.5 Å². The lowest BCUT2D eigenvalue weighted by atomic mass is 10.1. The Labute approximate surface area is 103 Å². The molecule has 1 amide bonds. The summed E-state index contributed by atoms with van der Waals surface area (Å²) in [5.74, 6) is 0.442. The molecule has 5 heteroatoms. The van der Waals surface area contributed by atoms with Crippen molar-refractivity contribution in [1.29, 1.82) is 0 Å². The lowest BCUT2D eigenvalue weighted by Gasteiger charge is -2.18. The topological polar surface area (TPSA) is 58.6 Å². The molecular formula is C11H14BrNO3. The molecule has 0 heterocycles. The third-order valence-corrected chi connectivity index (χ3v) is 2.62. The van der Waals surface area contributed by atoms with Crippen molar-refractivity contribution >= 4 is 21.8 Å². The molecule has 1 atom stereocenters. The number of nitrogens with one attached hydrogen (secondary N) is 1. The lowest BCUT2D eigenvalue weighted by molar-refractivity contribution is -0.120. The second-order valence-corrected chi connectivity index (χ2v) is 4.24. The smallest absolute Gasteiger partial charge is 0.217 e. The summed E-state index contributed by atoms with van der Waals surface area (Å²) in [6.45, 7) is 1.24. The number of amides is 1. The van der Waals surface area contributed by atoms with Crippen LogP contribution in [-0.4, -0.2) is 24.7 Å². The molecule has 0 radical (unpaired) electrons. The fraction of sp³-hybridized carbons (Fsp3) is 0.364. The summed E-state index contributed by atoms with van der Waals surface area (Å²) in [6, 6.07) is 4.98. The first-order valence-corrected chi connectivity index (χ1v) is 5.59. The summed E-state index contributed by atoms with van der Waals surface area (Å²) >= 11 is 3.34. The first-order valence-electron chi connectivity index (χ1n) is 4.80. The van der Waals surface area contributed by atoms with Crippen molar-refractivity contribution in [2.45, 2.75) is 13.0 Å². The van der Waals surface area contributed by atoms with E-state index in [0.717, 1.165) is 10.0 Å². The lowest BCUT2D eigenvalue weighted by Crippen LogP contribution is -2.28. The number of carbonyl (C=O) groups excluding carboxylic acids is 1. The number of benzene rings is 1. The van der Waals surface area contributed by atoms with Gasteiger partial charge in [-0.1, -0.05) is 15.9 Å². The van der Waals surface area contributed by atoms with Crippen LogP contribution >= 0.6 is 15.9 Å². The number of rotatable bonds is 4. The highest BCUT2D eigenvalue weighted by Crippen LogP contribution is 2.28. The molecule has 0 saturated heterocycles. The second-order valence-electron chi connectivity index (χ2n) is 3.32. The van der Waals surface area contributed by atoms with Crippen molar-refractivity contribution in [3.8, 4) is 5.75 Å². The van der Waals surface area contributed by atoms with Gasteiger partial charge in [0, 0.05) is 17.0 Å². The van der Waals surface area contributed by atoms with Crippen LogP contribution in [0.2, 0.25) is 0 Å². The normalized spacial score (nSPS) is 12.0. The van der Waals surface area contributed by atoms with Crippen molar-refractivity contribution in [2.75, 3.05) is 13.7 Å². The Morgan fingerprint density at radius 1 is 1.62 bits per heavy atom. The van der Waals surface area contributed by atoms with E-state index in [4.69, 9.17) is 4.74 Å². The maximum atomic E-state index is 11.0. The highest BCUT2D eigenvalue weighted by molar-refractivity contribution is 9.10. The molecule has 0 fully saturated rings. The molecule has 88 valence electrons. The summed E-state index contributed by atoms with van der Waals surface area (Å²) < 4.78 is 6.05. The average molecular weight is 288 g/mol. The van der Waals surface area contributed by atoms with E-state index in [1.165, 1.54) is 6.92 Å². The largest absolute Gasteiger partial charge is 0.496 e. The van der Waals surface area contributed by atoms with Crippen molar-refractivity contribution in [3.63, 3.8) is 0 Å². The molecule has 1 aromatic carbocycles. The Hall–Kier alpha value is -1.07. The minimum atomic E-state index is -0.454. The van der Waals surface area contributed by atoms with Crippen LogP contribution in [-0.2, 0) is 4.79 Å². The SMILES string of the molecule is COc1ccc(Br)cc1C(CO)NC(C)=O. The molecule has 0 spiro atoms. The standard InChI is InChI=1S/C11H14BrNO3/c1-7(15)13-10(6-14)9-5-8(12)3-4-11(9)16-2/h3-5,10,14H,6H2,1-2H3,(H,13,15). The Balaban J connectivity index is 3.06. The van der Waals surface area contributed by atoms with Gasteiger partial charge in [0.05, 0.1) is 19.8 Å². The molecule has 1 rings (SSSR count). The molecule has 0 saturated carbocycles. The minimum absolute atomic E-state index is 0.174. The zero-order chi connectivity index (χ0) is 12.1. The van der Waals surface area contributed by atoms with Crippen molar-refractivity contribution in [2.24, 2.45) is 0 Å². The highest BCUT2D eigenvalue weighted by atomic mass is 79.9. The molecule has 0 bridgehead atoms. The van der Waals surface area contributed by atoms with E-state index in [1.807, 2.05) is 12.1 Å². The van der Waals surface area contributed by atoms with Crippen LogP contribution in [0.25, 0.3) is 0 Å². The summed E-state index contributed by atoms with van der Waals surface area (Å²) in [7, 11) is 1.55. The second kappa shape index (κ2) is 5.86. The van der Waals surface area contributed by atoms with Gasteiger partial charge in [0.2, 0.25) is 5.91 Å². The van der Waals surface area contributed by atoms with Crippen LogP contribution in [0.15, 0.2) is 22.7 Å². The first-order chi connectivity index (χ1) is 7.58. The Kier molecular flexibility index (Phi) is 4.76. The number of aliphatic hydroxyl groups excluding tert-OH is 1. The third kappa shape index (κ3) is 3.21. The van der Waals surface area contributed by atoms with Crippen LogP contribution in [0.5, 0.6) is 5.75 Å². The number of carbonyl (C=O) groups is 1. The molecule has 0 aromatic heterocycles. The van der Waals surface area contributed by atoms with Gasteiger partial charge >= 0.3 is 0 Å². The quantitative estimate of drug-likeness (QED) is 0.885. The summed E-state index contributed by atoms with van der Waals surface area (Å²) in [4.78, 5) is 11.0. The number of methoxy groups -OCH3 is 1. The van der Waals surface area contributed by atoms with Gasteiger partial charge in [0.1, 0.15) is 5.75 Å². The number of aliphatic hydroxyl groups is 1. The predicted octanol–water partition coefficient (Wildman–Crippen LogP) is 1.63. The van der Waals surface area contributed by atoms with Gasteiger partial charge in [-0.3, -0.25) is 4.79 Å². The maximum absolute atomic E-state index is 11.0. The summed E-state index contributed by atoms with van der Waals surface area (Å²) in [5, 5.41) is 11.9. The molecule has 0 aliphatic carbocycles. The van der Waals surface area contributed by atoms with Crippen LogP contribution in [0.3, 0.4) is 0 Å². The summed E-state index contributed by atoms with van der Waals surface area (Å²) in [5.41, 5.74) is 0.745. The fourth-order valence-corrected chi connectivity index (χ4v) is 1.82. The van der Waals surface area contributed by atoms with Gasteiger partial charge in [0.25, 0.3) is 0 Å². The third-order valence-electron chi connectivity index (χ3n) is 2.13.